The molecule has 0 fully saturated rings. The Balaban J connectivity index is 1.20. The van der Waals surface area contributed by atoms with Crippen LogP contribution in [0.15, 0.2) is 176 Å². The van der Waals surface area contributed by atoms with E-state index in [1.165, 1.54) is 63.5 Å². The molecule has 0 aliphatic carbocycles. The van der Waals surface area contributed by atoms with Crippen molar-refractivity contribution < 1.29 is 0 Å². The van der Waals surface area contributed by atoms with E-state index >= 15 is 0 Å². The fourth-order valence-corrected chi connectivity index (χ4v) is 9.70. The summed E-state index contributed by atoms with van der Waals surface area (Å²) < 4.78 is 7.19. The summed E-state index contributed by atoms with van der Waals surface area (Å²) in [6.45, 7) is 0. The molecule has 0 saturated heterocycles. The van der Waals surface area contributed by atoms with Crippen LogP contribution in [-0.2, 0) is 0 Å². The van der Waals surface area contributed by atoms with Crippen molar-refractivity contribution in [1.82, 2.24) is 24.1 Å². The molecule has 12 rings (SSSR count). The predicted octanol–water partition coefficient (Wildman–Crippen LogP) is 12.9. The Morgan fingerprint density at radius 1 is 0.364 bits per heavy atom. The van der Waals surface area contributed by atoms with E-state index in [9.17, 15) is 0 Å². The van der Waals surface area contributed by atoms with Crippen LogP contribution in [-0.4, -0.2) is 24.1 Å². The SMILES string of the molecule is c1ccc(-c2nc(-c3ccccc3)nc(-n3c4ccccc4c4c5c(ccc43)sc3ccc4c(c6ccccc6n4-c4ccc6ccccc6c4)c35)n2)cc1. The second-order valence-electron chi connectivity index (χ2n) is 14.0. The van der Waals surface area contributed by atoms with Gasteiger partial charge in [0.05, 0.1) is 22.1 Å². The standard InChI is InChI=1S/C49H29N5S/c1-3-14-31(15-4-1)47-50-48(32-16-5-2-6-17-32)52-49(51-47)54-38-22-12-10-20-36(38)44-40(54)26-28-42-46(44)45-41(55-42)27-25-39-43(45)35-19-9-11-21-37(35)53(39)34-24-23-30-13-7-8-18-33(30)29-34/h1-29H. The third-order valence-corrected chi connectivity index (χ3v) is 12.1. The molecule has 0 spiro atoms. The van der Waals surface area contributed by atoms with Gasteiger partial charge in [-0.3, -0.25) is 4.57 Å². The van der Waals surface area contributed by atoms with Crippen LogP contribution in [0.3, 0.4) is 0 Å². The van der Waals surface area contributed by atoms with E-state index in [1.807, 2.05) is 47.7 Å². The van der Waals surface area contributed by atoms with Crippen LogP contribution < -0.4 is 0 Å². The highest BCUT2D eigenvalue weighted by Crippen LogP contribution is 2.48. The highest BCUT2D eigenvalue weighted by atomic mass is 32.1. The minimum atomic E-state index is 0.593. The summed E-state index contributed by atoms with van der Waals surface area (Å²) in [7, 11) is 0. The first-order valence-electron chi connectivity index (χ1n) is 18.5. The van der Waals surface area contributed by atoms with Gasteiger partial charge in [0.15, 0.2) is 11.6 Å². The zero-order valence-corrected chi connectivity index (χ0v) is 30.2. The summed E-state index contributed by atoms with van der Waals surface area (Å²) in [5, 5.41) is 9.91. The second kappa shape index (κ2) is 11.7. The van der Waals surface area contributed by atoms with Crippen LogP contribution >= 0.6 is 11.3 Å². The van der Waals surface area contributed by atoms with Gasteiger partial charge in [0, 0.05) is 58.5 Å². The molecule has 55 heavy (non-hydrogen) atoms. The van der Waals surface area contributed by atoms with Crippen LogP contribution in [0, 0.1) is 0 Å². The molecular weight excluding hydrogens is 691 g/mol. The fourth-order valence-electron chi connectivity index (χ4n) is 8.57. The fraction of sp³-hybridized carbons (Fsp3) is 0. The molecule has 6 heteroatoms. The van der Waals surface area contributed by atoms with Gasteiger partial charge in [-0.25, -0.2) is 4.98 Å². The second-order valence-corrected chi connectivity index (χ2v) is 15.1. The summed E-state index contributed by atoms with van der Waals surface area (Å²) in [5.74, 6) is 1.87. The first-order valence-corrected chi connectivity index (χ1v) is 19.3. The van der Waals surface area contributed by atoms with E-state index in [0.717, 1.165) is 27.8 Å². The van der Waals surface area contributed by atoms with E-state index in [0.29, 0.717) is 17.6 Å². The monoisotopic (exact) mass is 719 g/mol. The van der Waals surface area contributed by atoms with Gasteiger partial charge in [-0.2, -0.15) is 9.97 Å². The van der Waals surface area contributed by atoms with Crippen LogP contribution in [0.5, 0.6) is 0 Å². The lowest BCUT2D eigenvalue weighted by molar-refractivity contribution is 0.953. The van der Waals surface area contributed by atoms with Gasteiger partial charge in [0.2, 0.25) is 5.95 Å². The van der Waals surface area contributed by atoms with Crippen LogP contribution in [0.1, 0.15) is 0 Å². The Bertz CT molecular complexity index is 3430. The van der Waals surface area contributed by atoms with Crippen LogP contribution in [0.25, 0.3) is 109 Å². The summed E-state index contributed by atoms with van der Waals surface area (Å²) in [6, 6.07) is 62.4. The van der Waals surface area contributed by atoms with Gasteiger partial charge in [-0.1, -0.05) is 127 Å². The van der Waals surface area contributed by atoms with E-state index in [4.69, 9.17) is 15.0 Å². The Morgan fingerprint density at radius 3 is 1.49 bits per heavy atom. The molecule has 0 aliphatic heterocycles. The maximum Gasteiger partial charge on any atom is 0.238 e. The summed E-state index contributed by atoms with van der Waals surface area (Å²) in [5.41, 5.74) is 7.56. The number of rotatable bonds is 4. The Kier molecular flexibility index (Phi) is 6.44. The normalized spacial score (nSPS) is 12.0. The number of thiophene rings is 1. The van der Waals surface area contributed by atoms with Crippen molar-refractivity contribution in [2.24, 2.45) is 0 Å². The first-order chi connectivity index (χ1) is 27.3. The molecule has 0 atom stereocenters. The lowest BCUT2D eigenvalue weighted by atomic mass is 10.0. The average molecular weight is 720 g/mol. The van der Waals surface area contributed by atoms with Crippen molar-refractivity contribution in [2.45, 2.75) is 0 Å². The van der Waals surface area contributed by atoms with Gasteiger partial charge >= 0.3 is 0 Å². The highest BCUT2D eigenvalue weighted by molar-refractivity contribution is 7.26. The molecule has 0 saturated carbocycles. The van der Waals surface area contributed by atoms with Crippen molar-refractivity contribution in [3.05, 3.63) is 176 Å². The molecule has 0 bridgehead atoms. The van der Waals surface area contributed by atoms with Crippen molar-refractivity contribution in [1.29, 1.82) is 0 Å². The van der Waals surface area contributed by atoms with Gasteiger partial charge < -0.3 is 4.57 Å². The van der Waals surface area contributed by atoms with Crippen molar-refractivity contribution >= 4 is 85.9 Å². The zero-order valence-electron chi connectivity index (χ0n) is 29.4. The largest absolute Gasteiger partial charge is 0.309 e. The third kappa shape index (κ3) is 4.49. The number of hydrogen-bond acceptors (Lipinski definition) is 4. The Morgan fingerprint density at radius 2 is 0.873 bits per heavy atom. The lowest BCUT2D eigenvalue weighted by Crippen LogP contribution is -2.06. The smallest absolute Gasteiger partial charge is 0.238 e. The number of nitrogens with zero attached hydrogens (tertiary/aromatic N) is 5. The van der Waals surface area contributed by atoms with Gasteiger partial charge in [0.25, 0.3) is 0 Å². The molecule has 0 amide bonds. The quantitative estimate of drug-likeness (QED) is 0.182. The van der Waals surface area contributed by atoms with Crippen LogP contribution in [0.2, 0.25) is 0 Å². The average Bonchev–Trinajstić information content (AvgIpc) is 3.91. The van der Waals surface area contributed by atoms with E-state index in [2.05, 4.69) is 149 Å². The number of hydrogen-bond donors (Lipinski definition) is 0. The number of aromatic nitrogens is 5. The molecule has 5 nitrogen and oxygen atoms in total. The minimum Gasteiger partial charge on any atom is -0.309 e. The molecular formula is C49H29N5S. The molecule has 0 N–H and O–H groups in total. The molecule has 0 aliphatic rings. The predicted molar refractivity (Wildman–Crippen MR) is 230 cm³/mol. The van der Waals surface area contributed by atoms with Gasteiger partial charge in [-0.15, -0.1) is 11.3 Å². The van der Waals surface area contributed by atoms with Crippen molar-refractivity contribution in [3.8, 4) is 34.4 Å². The summed E-state index contributed by atoms with van der Waals surface area (Å²) in [6.07, 6.45) is 0. The minimum absolute atomic E-state index is 0.593. The maximum absolute atomic E-state index is 5.19. The molecule has 8 aromatic carbocycles. The zero-order chi connectivity index (χ0) is 36.0. The molecule has 12 aromatic rings. The number of para-hydroxylation sites is 2. The molecule has 4 aromatic heterocycles. The highest BCUT2D eigenvalue weighted by Gasteiger charge is 2.23. The molecule has 0 radical (unpaired) electrons. The lowest BCUT2D eigenvalue weighted by Gasteiger charge is -2.11. The van der Waals surface area contributed by atoms with Gasteiger partial charge in [0.1, 0.15) is 0 Å². The third-order valence-electron chi connectivity index (χ3n) is 10.9. The molecule has 256 valence electrons. The Hall–Kier alpha value is -7.15. The summed E-state index contributed by atoms with van der Waals surface area (Å²) in [4.78, 5) is 15.4. The van der Waals surface area contributed by atoms with E-state index in [1.54, 1.807) is 0 Å². The topological polar surface area (TPSA) is 48.5 Å². The van der Waals surface area contributed by atoms with Gasteiger partial charge in [-0.05, 0) is 59.3 Å². The van der Waals surface area contributed by atoms with Crippen molar-refractivity contribution in [2.75, 3.05) is 0 Å². The van der Waals surface area contributed by atoms with E-state index in [-0.39, 0.29) is 0 Å². The number of benzene rings is 8. The first kappa shape index (κ1) is 30.3. The maximum atomic E-state index is 5.19. The van der Waals surface area contributed by atoms with Crippen LogP contribution in [0.4, 0.5) is 0 Å². The molecule has 0 unspecified atom stereocenters. The number of fused-ring (bicyclic) bond motifs is 12. The Labute approximate surface area is 319 Å². The molecule has 4 heterocycles. The van der Waals surface area contributed by atoms with Crippen molar-refractivity contribution in [3.63, 3.8) is 0 Å². The van der Waals surface area contributed by atoms with E-state index < -0.39 is 0 Å². The summed E-state index contributed by atoms with van der Waals surface area (Å²) >= 11 is 1.86.